The summed E-state index contributed by atoms with van der Waals surface area (Å²) in [7, 11) is 1.73. The molecule has 0 N–H and O–H groups in total. The molecule has 1 aliphatic heterocycles. The molecule has 0 aromatic heterocycles. The predicted octanol–water partition coefficient (Wildman–Crippen LogP) is 6.39. The van der Waals surface area contributed by atoms with Gasteiger partial charge in [-0.1, -0.05) is 11.6 Å². The van der Waals surface area contributed by atoms with Gasteiger partial charge in [-0.2, -0.15) is 0 Å². The molecule has 1 aromatic carbocycles. The van der Waals surface area contributed by atoms with Crippen molar-refractivity contribution in [3.05, 3.63) is 34.3 Å². The number of nitrogens with zero attached hydrogens (tertiary/aromatic N) is 3. The Morgan fingerprint density at radius 2 is 1.94 bits per heavy atom. The second-order valence-corrected chi connectivity index (χ2v) is 12.6. The number of hydrogen-bond donors (Lipinski definition) is 0. The van der Waals surface area contributed by atoms with Crippen LogP contribution in [0.15, 0.2) is 27.6 Å². The Kier molecular flexibility index (Phi) is 8.32. The van der Waals surface area contributed by atoms with Gasteiger partial charge in [0.05, 0.1) is 11.3 Å². The average molecular weight is 482 g/mol. The predicted molar refractivity (Wildman–Crippen MR) is 135 cm³/mol. The smallest absolute Gasteiger partial charge is 0.410 e. The Bertz CT molecular complexity index is 899. The van der Waals surface area contributed by atoms with Crippen LogP contribution in [0.1, 0.15) is 72.9 Å². The molecule has 0 aliphatic carbocycles. The summed E-state index contributed by atoms with van der Waals surface area (Å²) < 4.78 is 16.2. The zero-order chi connectivity index (χ0) is 24.3. The molecule has 0 radical (unpaired) electrons. The minimum absolute atomic E-state index is 0.0651. The molecule has 1 aliphatic rings. The second-order valence-electron chi connectivity index (χ2n) is 10.6. The molecule has 2 rings (SSSR count). The lowest BCUT2D eigenvalue weighted by atomic mass is 10.0. The van der Waals surface area contributed by atoms with Crippen LogP contribution in [0.4, 0.5) is 4.79 Å². The lowest BCUT2D eigenvalue weighted by Crippen LogP contribution is -2.35. The molecule has 0 atom stereocenters. The van der Waals surface area contributed by atoms with Gasteiger partial charge in [-0.05, 0) is 85.5 Å². The maximum Gasteiger partial charge on any atom is 0.410 e. The van der Waals surface area contributed by atoms with Crippen molar-refractivity contribution in [1.82, 2.24) is 4.90 Å². The molecule has 0 saturated heterocycles. The number of aliphatic imine (C=N–C) groups is 1. The molecule has 6 nitrogen and oxygen atoms in total. The van der Waals surface area contributed by atoms with Gasteiger partial charge in [-0.3, -0.25) is 0 Å². The van der Waals surface area contributed by atoms with E-state index in [4.69, 9.17) is 30.5 Å². The summed E-state index contributed by atoms with van der Waals surface area (Å²) in [5.74, 6) is 0.593. The number of carbonyl (C=O) groups is 1. The van der Waals surface area contributed by atoms with Crippen LogP contribution in [-0.4, -0.2) is 58.7 Å². The highest BCUT2D eigenvalue weighted by Gasteiger charge is 2.29. The monoisotopic (exact) mass is 481 g/mol. The van der Waals surface area contributed by atoms with Gasteiger partial charge in [-0.25, -0.2) is 14.2 Å². The van der Waals surface area contributed by atoms with Gasteiger partial charge in [0.25, 0.3) is 0 Å². The number of amides is 1. The zero-order valence-electron chi connectivity index (χ0n) is 20.7. The molecule has 1 aromatic rings. The first-order valence-corrected chi connectivity index (χ1v) is 11.9. The molecule has 0 bridgehead atoms. The summed E-state index contributed by atoms with van der Waals surface area (Å²) in [5, 5.41) is 0.607. The van der Waals surface area contributed by atoms with Crippen LogP contribution in [-0.2, 0) is 9.47 Å². The minimum atomic E-state index is -0.546. The summed E-state index contributed by atoms with van der Waals surface area (Å²) in [6, 6.07) is 5.65. The Morgan fingerprint density at radius 3 is 2.47 bits per heavy atom. The van der Waals surface area contributed by atoms with E-state index in [0.717, 1.165) is 16.8 Å². The normalized spacial score (nSPS) is 16.4. The van der Waals surface area contributed by atoms with Gasteiger partial charge in [0, 0.05) is 40.9 Å². The molecule has 0 unspecified atom stereocenters. The van der Waals surface area contributed by atoms with E-state index in [-0.39, 0.29) is 16.4 Å². The van der Waals surface area contributed by atoms with E-state index in [9.17, 15) is 4.79 Å². The summed E-state index contributed by atoms with van der Waals surface area (Å²) >= 11 is 7.87. The third-order valence-electron chi connectivity index (χ3n) is 4.31. The van der Waals surface area contributed by atoms with Gasteiger partial charge < -0.3 is 14.4 Å². The van der Waals surface area contributed by atoms with Crippen LogP contribution < -0.4 is 0 Å². The van der Waals surface area contributed by atoms with Crippen molar-refractivity contribution in [1.29, 1.82) is 0 Å². The van der Waals surface area contributed by atoms with Crippen LogP contribution >= 0.6 is 23.5 Å². The van der Waals surface area contributed by atoms with Crippen LogP contribution in [0.5, 0.6) is 0 Å². The van der Waals surface area contributed by atoms with Crippen molar-refractivity contribution in [2.75, 3.05) is 20.2 Å². The average Bonchev–Trinajstić information content (AvgIpc) is 2.98. The lowest BCUT2D eigenvalue weighted by molar-refractivity contribution is 0.0303. The van der Waals surface area contributed by atoms with E-state index in [1.165, 1.54) is 11.9 Å². The van der Waals surface area contributed by atoms with Crippen LogP contribution in [0.3, 0.4) is 0 Å². The van der Waals surface area contributed by atoms with Crippen molar-refractivity contribution in [2.24, 2.45) is 9.39 Å². The fraction of sp³-hybridized carbons (Fsp3) is 0.625. The Labute approximate surface area is 201 Å². The van der Waals surface area contributed by atoms with E-state index in [0.29, 0.717) is 30.5 Å². The fourth-order valence-electron chi connectivity index (χ4n) is 2.79. The first kappa shape index (κ1) is 26.5. The van der Waals surface area contributed by atoms with E-state index >= 15 is 0 Å². The molecule has 178 valence electrons. The van der Waals surface area contributed by atoms with Crippen molar-refractivity contribution >= 4 is 41.3 Å². The van der Waals surface area contributed by atoms with Crippen LogP contribution in [0.25, 0.3) is 0 Å². The topological polar surface area (TPSA) is 63.5 Å². The summed E-state index contributed by atoms with van der Waals surface area (Å²) in [5.41, 5.74) is 1.72. The number of rotatable bonds is 6. The first-order valence-electron chi connectivity index (χ1n) is 10.8. The van der Waals surface area contributed by atoms with Gasteiger partial charge >= 0.3 is 6.09 Å². The molecule has 0 fully saturated rings. The highest BCUT2D eigenvalue weighted by Crippen LogP contribution is 2.29. The SMILES string of the molecule is CN(CCC(=NSC(C)(C)C)c1cc(Cl)ccc1C1=NC(C)(C)CO1)C(=O)OC(C)(C)C. The van der Waals surface area contributed by atoms with Gasteiger partial charge in [0.2, 0.25) is 5.90 Å². The first-order chi connectivity index (χ1) is 14.6. The molecular weight excluding hydrogens is 446 g/mol. The Morgan fingerprint density at radius 1 is 1.28 bits per heavy atom. The highest BCUT2D eigenvalue weighted by atomic mass is 35.5. The van der Waals surface area contributed by atoms with E-state index in [2.05, 4.69) is 20.8 Å². The number of hydrogen-bond acceptors (Lipinski definition) is 6. The third-order valence-corrected chi connectivity index (χ3v) is 5.40. The Hall–Kier alpha value is -1.73. The van der Waals surface area contributed by atoms with E-state index in [1.54, 1.807) is 11.9 Å². The molecular formula is C24H36ClN3O3S. The third kappa shape index (κ3) is 8.32. The van der Waals surface area contributed by atoms with Crippen molar-refractivity contribution in [2.45, 2.75) is 77.7 Å². The molecule has 8 heteroatoms. The zero-order valence-corrected chi connectivity index (χ0v) is 22.3. The van der Waals surface area contributed by atoms with Crippen molar-refractivity contribution in [3.63, 3.8) is 0 Å². The maximum absolute atomic E-state index is 12.4. The minimum Gasteiger partial charge on any atom is -0.475 e. The molecule has 1 amide bonds. The van der Waals surface area contributed by atoms with Crippen LogP contribution in [0.2, 0.25) is 5.02 Å². The fourth-order valence-corrected chi connectivity index (χ4v) is 3.54. The van der Waals surface area contributed by atoms with Gasteiger partial charge in [0.15, 0.2) is 0 Å². The van der Waals surface area contributed by atoms with E-state index in [1.807, 2.05) is 52.8 Å². The van der Waals surface area contributed by atoms with Gasteiger partial charge in [0.1, 0.15) is 12.2 Å². The van der Waals surface area contributed by atoms with E-state index < -0.39 is 5.60 Å². The number of halogens is 1. The summed E-state index contributed by atoms with van der Waals surface area (Å²) in [6.07, 6.45) is 0.167. The van der Waals surface area contributed by atoms with Crippen LogP contribution in [0, 0.1) is 0 Å². The Balaban J connectivity index is 2.38. The lowest BCUT2D eigenvalue weighted by Gasteiger charge is -2.25. The molecule has 0 saturated carbocycles. The van der Waals surface area contributed by atoms with Crippen molar-refractivity contribution < 1.29 is 14.3 Å². The molecule has 1 heterocycles. The number of benzene rings is 1. The molecule has 0 spiro atoms. The summed E-state index contributed by atoms with van der Waals surface area (Å²) in [4.78, 5) is 18.7. The second kappa shape index (κ2) is 10.0. The maximum atomic E-state index is 12.4. The highest BCUT2D eigenvalue weighted by molar-refractivity contribution is 7.99. The number of ether oxygens (including phenoxy) is 2. The van der Waals surface area contributed by atoms with Gasteiger partial charge in [-0.15, -0.1) is 0 Å². The largest absolute Gasteiger partial charge is 0.475 e. The standard InChI is InChI=1S/C24H36ClN3O3S/c1-22(2,3)31-21(29)28(9)13-12-19(27-32-23(4,5)6)18-14-16(25)10-11-17(18)20-26-24(7,8)15-30-20/h10-11,14H,12-13,15H2,1-9H3. The molecule has 32 heavy (non-hydrogen) atoms. The summed E-state index contributed by atoms with van der Waals surface area (Å²) in [6.45, 7) is 16.9. The number of carbonyl (C=O) groups excluding carboxylic acids is 1. The quantitative estimate of drug-likeness (QED) is 0.349. The van der Waals surface area contributed by atoms with Crippen molar-refractivity contribution in [3.8, 4) is 0 Å².